The summed E-state index contributed by atoms with van der Waals surface area (Å²) in [5, 5.41) is 4.09. The number of aryl methyl sites for hydroxylation is 1. The summed E-state index contributed by atoms with van der Waals surface area (Å²) in [6.07, 6.45) is 1.75. The van der Waals surface area contributed by atoms with Crippen molar-refractivity contribution in [1.29, 1.82) is 0 Å². The van der Waals surface area contributed by atoms with Crippen LogP contribution in [0.25, 0.3) is 0 Å². The standard InChI is InChI=1S/C18H28N4O4/c1-14-11-15(19-26-14)12-20-5-6-21-16(13-20)17(23)22(7-10-24-2)18(21)3-8-25-9-4-18/h11,16H,3-10,12-13H2,1-2H3/t16-/m1/s1. The molecule has 1 atom stereocenters. The molecule has 1 amide bonds. The number of hydrogen-bond acceptors (Lipinski definition) is 7. The summed E-state index contributed by atoms with van der Waals surface area (Å²) in [5.74, 6) is 1.05. The Morgan fingerprint density at radius 3 is 2.85 bits per heavy atom. The fourth-order valence-corrected chi connectivity index (χ4v) is 4.71. The Kier molecular flexibility index (Phi) is 5.00. The molecule has 0 N–H and O–H groups in total. The normalized spacial score (nSPS) is 26.6. The lowest BCUT2D eigenvalue weighted by Crippen LogP contribution is -2.62. The van der Waals surface area contributed by atoms with Gasteiger partial charge >= 0.3 is 0 Å². The van der Waals surface area contributed by atoms with Gasteiger partial charge in [0.2, 0.25) is 5.91 Å². The molecule has 26 heavy (non-hydrogen) atoms. The van der Waals surface area contributed by atoms with Crippen LogP contribution in [0.5, 0.6) is 0 Å². The molecular formula is C18H28N4O4. The molecule has 3 fully saturated rings. The number of hydrogen-bond donors (Lipinski definition) is 0. The smallest absolute Gasteiger partial charge is 0.242 e. The Morgan fingerprint density at radius 1 is 1.35 bits per heavy atom. The summed E-state index contributed by atoms with van der Waals surface area (Å²) in [4.78, 5) is 20.0. The number of aromatic nitrogens is 1. The lowest BCUT2D eigenvalue weighted by atomic mass is 9.96. The van der Waals surface area contributed by atoms with Gasteiger partial charge < -0.3 is 18.9 Å². The zero-order valence-corrected chi connectivity index (χ0v) is 15.6. The van der Waals surface area contributed by atoms with Gasteiger partial charge in [0.15, 0.2) is 0 Å². The van der Waals surface area contributed by atoms with Gasteiger partial charge in [0.1, 0.15) is 17.5 Å². The van der Waals surface area contributed by atoms with Gasteiger partial charge in [-0.1, -0.05) is 5.16 Å². The first-order chi connectivity index (χ1) is 12.6. The molecule has 8 heteroatoms. The minimum atomic E-state index is -0.199. The number of piperazine rings is 1. The molecule has 0 bridgehead atoms. The summed E-state index contributed by atoms with van der Waals surface area (Å²) in [5.41, 5.74) is 0.730. The number of amides is 1. The first-order valence-electron chi connectivity index (χ1n) is 9.43. The average molecular weight is 364 g/mol. The van der Waals surface area contributed by atoms with E-state index in [2.05, 4.69) is 19.9 Å². The molecule has 0 unspecified atom stereocenters. The second-order valence-electron chi connectivity index (χ2n) is 7.45. The average Bonchev–Trinajstić information content (AvgIpc) is 3.15. The maximum Gasteiger partial charge on any atom is 0.242 e. The van der Waals surface area contributed by atoms with Crippen LogP contribution < -0.4 is 0 Å². The molecule has 0 saturated carbocycles. The van der Waals surface area contributed by atoms with Crippen LogP contribution in [0.3, 0.4) is 0 Å². The van der Waals surface area contributed by atoms with E-state index in [1.54, 1.807) is 7.11 Å². The molecular weight excluding hydrogens is 336 g/mol. The van der Waals surface area contributed by atoms with E-state index in [0.29, 0.717) is 26.4 Å². The molecule has 0 radical (unpaired) electrons. The van der Waals surface area contributed by atoms with Crippen molar-refractivity contribution in [2.75, 3.05) is 53.1 Å². The number of fused-ring (bicyclic) bond motifs is 2. The summed E-state index contributed by atoms with van der Waals surface area (Å²) in [6.45, 7) is 7.80. The molecule has 144 valence electrons. The van der Waals surface area contributed by atoms with Crippen LogP contribution in [-0.4, -0.2) is 90.6 Å². The summed E-state index contributed by atoms with van der Waals surface area (Å²) < 4.78 is 16.0. The Balaban J connectivity index is 1.52. The van der Waals surface area contributed by atoms with E-state index >= 15 is 0 Å². The fourth-order valence-electron chi connectivity index (χ4n) is 4.71. The summed E-state index contributed by atoms with van der Waals surface area (Å²) in [7, 11) is 1.69. The zero-order chi connectivity index (χ0) is 18.1. The molecule has 3 aliphatic rings. The zero-order valence-electron chi connectivity index (χ0n) is 15.6. The van der Waals surface area contributed by atoms with Crippen molar-refractivity contribution in [2.24, 2.45) is 0 Å². The van der Waals surface area contributed by atoms with E-state index in [1.165, 1.54) is 0 Å². The molecule has 0 aliphatic carbocycles. The monoisotopic (exact) mass is 364 g/mol. The van der Waals surface area contributed by atoms with Gasteiger partial charge in [-0.3, -0.25) is 14.6 Å². The quantitative estimate of drug-likeness (QED) is 0.752. The third kappa shape index (κ3) is 3.05. The number of rotatable bonds is 5. The highest BCUT2D eigenvalue weighted by Crippen LogP contribution is 2.41. The van der Waals surface area contributed by atoms with Crippen molar-refractivity contribution in [1.82, 2.24) is 19.9 Å². The lowest BCUT2D eigenvalue weighted by Gasteiger charge is -2.48. The number of carbonyl (C=O) groups excluding carboxylic acids is 1. The highest BCUT2D eigenvalue weighted by atomic mass is 16.5. The first-order valence-corrected chi connectivity index (χ1v) is 9.43. The molecule has 0 aromatic carbocycles. The van der Waals surface area contributed by atoms with E-state index < -0.39 is 0 Å². The van der Waals surface area contributed by atoms with Gasteiger partial charge in [-0.15, -0.1) is 0 Å². The molecule has 4 heterocycles. The Hall–Kier alpha value is -1.48. The Bertz CT molecular complexity index is 643. The second-order valence-corrected chi connectivity index (χ2v) is 7.45. The number of methoxy groups -OCH3 is 1. The minimum absolute atomic E-state index is 0.0910. The van der Waals surface area contributed by atoms with Crippen molar-refractivity contribution < 1.29 is 18.8 Å². The molecule has 1 aromatic rings. The van der Waals surface area contributed by atoms with E-state index in [0.717, 1.165) is 50.5 Å². The van der Waals surface area contributed by atoms with Crippen LogP contribution in [0.4, 0.5) is 0 Å². The van der Waals surface area contributed by atoms with E-state index in [4.69, 9.17) is 14.0 Å². The van der Waals surface area contributed by atoms with Crippen molar-refractivity contribution >= 4 is 5.91 Å². The summed E-state index contributed by atoms with van der Waals surface area (Å²) in [6, 6.07) is 1.87. The van der Waals surface area contributed by atoms with Gasteiger partial charge in [0, 0.05) is 58.7 Å². The number of carbonyl (C=O) groups is 1. The topological polar surface area (TPSA) is 71.3 Å². The maximum atomic E-state index is 13.2. The molecule has 3 saturated heterocycles. The third-order valence-electron chi connectivity index (χ3n) is 5.93. The van der Waals surface area contributed by atoms with Gasteiger partial charge in [-0.05, 0) is 6.92 Å². The number of nitrogens with zero attached hydrogens (tertiary/aromatic N) is 4. The molecule has 3 aliphatic heterocycles. The highest BCUT2D eigenvalue weighted by Gasteiger charge is 2.57. The van der Waals surface area contributed by atoms with Crippen molar-refractivity contribution in [2.45, 2.75) is 38.0 Å². The largest absolute Gasteiger partial charge is 0.383 e. The Labute approximate surface area is 154 Å². The SMILES string of the molecule is COCCN1C(=O)[C@H]2CN(Cc3cc(C)on3)CCN2C12CCOCC2. The van der Waals surface area contributed by atoms with E-state index in [1.807, 2.05) is 13.0 Å². The van der Waals surface area contributed by atoms with Gasteiger partial charge in [0.05, 0.1) is 25.5 Å². The van der Waals surface area contributed by atoms with Gasteiger partial charge in [-0.25, -0.2) is 0 Å². The van der Waals surface area contributed by atoms with Gasteiger partial charge in [-0.2, -0.15) is 0 Å². The van der Waals surface area contributed by atoms with Crippen LogP contribution in [-0.2, 0) is 20.8 Å². The van der Waals surface area contributed by atoms with Crippen LogP contribution in [0.15, 0.2) is 10.6 Å². The highest BCUT2D eigenvalue weighted by molar-refractivity contribution is 5.85. The number of ether oxygens (including phenoxy) is 2. The van der Waals surface area contributed by atoms with Crippen molar-refractivity contribution in [3.05, 3.63) is 17.5 Å². The fraction of sp³-hybridized carbons (Fsp3) is 0.778. The molecule has 1 spiro atoms. The molecule has 8 nitrogen and oxygen atoms in total. The second kappa shape index (κ2) is 7.26. The predicted octanol–water partition coefficient (Wildman–Crippen LogP) is 0.465. The lowest BCUT2D eigenvalue weighted by molar-refractivity contribution is -0.137. The van der Waals surface area contributed by atoms with E-state index in [-0.39, 0.29) is 17.6 Å². The van der Waals surface area contributed by atoms with E-state index in [9.17, 15) is 4.79 Å². The van der Waals surface area contributed by atoms with Crippen LogP contribution >= 0.6 is 0 Å². The predicted molar refractivity (Wildman–Crippen MR) is 93.4 cm³/mol. The first kappa shape index (κ1) is 17.9. The van der Waals surface area contributed by atoms with Crippen molar-refractivity contribution in [3.63, 3.8) is 0 Å². The summed E-state index contributed by atoms with van der Waals surface area (Å²) >= 11 is 0. The minimum Gasteiger partial charge on any atom is -0.383 e. The third-order valence-corrected chi connectivity index (χ3v) is 5.93. The van der Waals surface area contributed by atoms with Gasteiger partial charge in [0.25, 0.3) is 0 Å². The molecule has 4 rings (SSSR count). The van der Waals surface area contributed by atoms with Crippen LogP contribution in [0.1, 0.15) is 24.3 Å². The van der Waals surface area contributed by atoms with Crippen molar-refractivity contribution in [3.8, 4) is 0 Å². The van der Waals surface area contributed by atoms with Crippen LogP contribution in [0, 0.1) is 6.92 Å². The maximum absolute atomic E-state index is 13.2. The molecule has 1 aromatic heterocycles. The Morgan fingerprint density at radius 2 is 2.15 bits per heavy atom. The van der Waals surface area contributed by atoms with Crippen LogP contribution in [0.2, 0.25) is 0 Å².